The SMILES string of the molecule is CC(C)(C)Cc1cc(-c2[c-]cccc2)nc[c]1[Ge]([CH3])([CH3])[CH3].CCC(CC)c1ccnc(-c2[c-]cc3oc4nc(C)ccc4c3c2)c1.[Ir]. The standard InChI is InChI=1S/C22H21N2O.C19H26GeN.Ir/c1-4-15(5-2)16-10-11-23-20(13-16)17-7-9-21-19(12-17)18-8-6-14(3)24-22(18)25-21;1-19(2,3)13-16-12-18(15-10-8-7-9-11-15)21-14-17(16)20(4,5)6;/h6,8-13,15H,4-5H2,1-3H3;7-10,12,14H,13H2,1-6H3;/q2*-1;. The third kappa shape index (κ3) is 9.07. The van der Waals surface area contributed by atoms with Crippen LogP contribution in [0.4, 0.5) is 0 Å². The van der Waals surface area contributed by atoms with Gasteiger partial charge in [-0.15, -0.1) is 23.8 Å². The minimum atomic E-state index is -1.90. The number of fused-ring (bicyclic) bond motifs is 3. The second kappa shape index (κ2) is 15.4. The molecule has 1 radical (unpaired) electrons. The molecular weight excluding hydrogens is 815 g/mol. The van der Waals surface area contributed by atoms with Crippen LogP contribution in [0.15, 0.2) is 83.5 Å². The molecule has 0 aliphatic carbocycles. The molecule has 47 heavy (non-hydrogen) atoms. The number of pyridine rings is 3. The van der Waals surface area contributed by atoms with Crippen LogP contribution in [0, 0.1) is 24.5 Å². The minimum absolute atomic E-state index is 0. The molecule has 247 valence electrons. The van der Waals surface area contributed by atoms with Gasteiger partial charge in [0.1, 0.15) is 0 Å². The predicted molar refractivity (Wildman–Crippen MR) is 196 cm³/mol. The third-order valence-corrected chi connectivity index (χ3v) is 12.8. The van der Waals surface area contributed by atoms with Crippen LogP contribution in [0.3, 0.4) is 0 Å². The molecule has 0 unspecified atom stereocenters. The Morgan fingerprint density at radius 1 is 0.851 bits per heavy atom. The summed E-state index contributed by atoms with van der Waals surface area (Å²) in [5.41, 5.74) is 9.65. The van der Waals surface area contributed by atoms with Crippen molar-refractivity contribution in [3.63, 3.8) is 0 Å². The van der Waals surface area contributed by atoms with E-state index in [9.17, 15) is 0 Å². The van der Waals surface area contributed by atoms with Crippen molar-refractivity contribution in [3.05, 3.63) is 108 Å². The maximum absolute atomic E-state index is 5.86. The van der Waals surface area contributed by atoms with E-state index >= 15 is 0 Å². The molecule has 2 aromatic carbocycles. The molecule has 4 aromatic heterocycles. The van der Waals surface area contributed by atoms with E-state index in [1.54, 1.807) is 0 Å². The summed E-state index contributed by atoms with van der Waals surface area (Å²) in [6, 6.07) is 29.4. The van der Waals surface area contributed by atoms with Crippen molar-refractivity contribution in [1.82, 2.24) is 15.0 Å². The van der Waals surface area contributed by atoms with E-state index in [-0.39, 0.29) is 20.1 Å². The van der Waals surface area contributed by atoms with Crippen LogP contribution in [0.1, 0.15) is 70.2 Å². The fourth-order valence-corrected chi connectivity index (χ4v) is 9.34. The average Bonchev–Trinajstić information content (AvgIpc) is 3.38. The Morgan fingerprint density at radius 2 is 1.60 bits per heavy atom. The zero-order valence-corrected chi connectivity index (χ0v) is 33.8. The molecule has 0 fully saturated rings. The van der Waals surface area contributed by atoms with Gasteiger partial charge in [-0.25, -0.2) is 4.98 Å². The van der Waals surface area contributed by atoms with E-state index in [0.29, 0.717) is 17.0 Å². The van der Waals surface area contributed by atoms with E-state index in [2.05, 4.69) is 117 Å². The van der Waals surface area contributed by atoms with Crippen LogP contribution in [0.5, 0.6) is 0 Å². The second-order valence-corrected chi connectivity index (χ2v) is 25.1. The Labute approximate surface area is 297 Å². The molecule has 0 bridgehead atoms. The molecule has 0 saturated heterocycles. The second-order valence-electron chi connectivity index (χ2n) is 14.5. The number of aromatic nitrogens is 3. The first-order valence-electron chi connectivity index (χ1n) is 16.5. The molecule has 0 N–H and O–H groups in total. The summed E-state index contributed by atoms with van der Waals surface area (Å²) in [6.45, 7) is 13.4. The molecular formula is C41H47GeIrN3O-2. The van der Waals surface area contributed by atoms with Crippen LogP contribution < -0.4 is 4.40 Å². The number of furan rings is 1. The van der Waals surface area contributed by atoms with Gasteiger partial charge in [0.25, 0.3) is 0 Å². The molecule has 6 rings (SSSR count). The van der Waals surface area contributed by atoms with Gasteiger partial charge in [0.05, 0.1) is 5.58 Å². The number of hydrogen-bond donors (Lipinski definition) is 0. The van der Waals surface area contributed by atoms with Crippen LogP contribution in [0.2, 0.25) is 17.3 Å². The van der Waals surface area contributed by atoms with Gasteiger partial charge < -0.3 is 9.40 Å². The Bertz CT molecular complexity index is 1930. The maximum atomic E-state index is 5.86. The number of rotatable bonds is 7. The summed E-state index contributed by atoms with van der Waals surface area (Å²) < 4.78 is 7.39. The smallest absolute Gasteiger partial charge is 0.216 e. The van der Waals surface area contributed by atoms with E-state index in [0.717, 1.165) is 63.8 Å². The van der Waals surface area contributed by atoms with Crippen molar-refractivity contribution < 1.29 is 24.5 Å². The first-order chi connectivity index (χ1) is 21.9. The summed E-state index contributed by atoms with van der Waals surface area (Å²) in [7, 11) is 0. The normalized spacial score (nSPS) is 11.8. The summed E-state index contributed by atoms with van der Waals surface area (Å²) in [4.78, 5) is 13.8. The van der Waals surface area contributed by atoms with Crippen LogP contribution in [0.25, 0.3) is 44.6 Å². The molecule has 4 nitrogen and oxygen atoms in total. The molecule has 0 aliphatic rings. The predicted octanol–water partition coefficient (Wildman–Crippen LogP) is 10.7. The first kappa shape index (κ1) is 36.7. The van der Waals surface area contributed by atoms with Gasteiger partial charge >= 0.3 is 132 Å². The molecule has 0 spiro atoms. The van der Waals surface area contributed by atoms with Gasteiger partial charge in [0, 0.05) is 37.4 Å². The minimum Gasteiger partial charge on any atom is -0.486 e. The molecule has 6 aromatic rings. The molecule has 0 atom stereocenters. The summed E-state index contributed by atoms with van der Waals surface area (Å²) in [6.07, 6.45) is 7.42. The van der Waals surface area contributed by atoms with Crippen molar-refractivity contribution >= 4 is 39.7 Å². The summed E-state index contributed by atoms with van der Waals surface area (Å²) in [5.74, 6) is 7.90. The Kier molecular flexibility index (Phi) is 12.0. The number of aryl methyl sites for hydroxylation is 1. The number of hydrogen-bond acceptors (Lipinski definition) is 4. The fourth-order valence-electron chi connectivity index (χ4n) is 6.04. The monoisotopic (exact) mass is 864 g/mol. The van der Waals surface area contributed by atoms with Gasteiger partial charge in [0.2, 0.25) is 5.71 Å². The molecule has 0 amide bonds. The van der Waals surface area contributed by atoms with E-state index < -0.39 is 13.3 Å². The summed E-state index contributed by atoms with van der Waals surface area (Å²) >= 11 is -1.90. The molecule has 0 aliphatic heterocycles. The number of nitrogens with zero attached hydrogens (tertiary/aromatic N) is 3. The van der Waals surface area contributed by atoms with Crippen molar-refractivity contribution in [2.24, 2.45) is 5.41 Å². The average molecular weight is 863 g/mol. The van der Waals surface area contributed by atoms with E-state index in [1.807, 2.05) is 43.5 Å². The van der Waals surface area contributed by atoms with Crippen LogP contribution >= 0.6 is 0 Å². The summed E-state index contributed by atoms with van der Waals surface area (Å²) in [5, 5.41) is 2.10. The van der Waals surface area contributed by atoms with Crippen LogP contribution in [-0.4, -0.2) is 28.2 Å². The van der Waals surface area contributed by atoms with Gasteiger partial charge in [-0.1, -0.05) is 30.9 Å². The van der Waals surface area contributed by atoms with Crippen LogP contribution in [-0.2, 0) is 26.5 Å². The third-order valence-electron chi connectivity index (χ3n) is 8.43. The van der Waals surface area contributed by atoms with Crippen molar-refractivity contribution in [3.8, 4) is 22.5 Å². The molecule has 4 heterocycles. The maximum Gasteiger partial charge on any atom is 0.216 e. The van der Waals surface area contributed by atoms with E-state index in [4.69, 9.17) is 9.40 Å². The first-order valence-corrected chi connectivity index (χ1v) is 23.8. The molecule has 0 saturated carbocycles. The quantitative estimate of drug-likeness (QED) is 0.119. The largest absolute Gasteiger partial charge is 0.486 e. The number of benzene rings is 2. The zero-order chi connectivity index (χ0) is 33.1. The Morgan fingerprint density at radius 3 is 2.26 bits per heavy atom. The van der Waals surface area contributed by atoms with Crippen molar-refractivity contribution in [1.29, 1.82) is 0 Å². The van der Waals surface area contributed by atoms with Gasteiger partial charge in [-0.3, -0.25) is 0 Å². The van der Waals surface area contributed by atoms with Gasteiger partial charge in [0.15, 0.2) is 0 Å². The topological polar surface area (TPSA) is 51.8 Å². The Hall–Kier alpha value is -3.12. The van der Waals surface area contributed by atoms with E-state index in [1.165, 1.54) is 15.5 Å². The van der Waals surface area contributed by atoms with Gasteiger partial charge in [-0.2, -0.15) is 0 Å². The van der Waals surface area contributed by atoms with Crippen molar-refractivity contribution in [2.75, 3.05) is 0 Å². The zero-order valence-electron chi connectivity index (χ0n) is 29.3. The van der Waals surface area contributed by atoms with Gasteiger partial charge in [-0.05, 0) is 49.6 Å². The van der Waals surface area contributed by atoms with Crippen molar-refractivity contribution in [2.45, 2.75) is 84.0 Å². The Balaban J connectivity index is 0.000000212. The molecule has 6 heteroatoms. The fraction of sp³-hybridized carbons (Fsp3) is 0.341.